The van der Waals surface area contributed by atoms with Crippen LogP contribution in [0.4, 0.5) is 0 Å². The van der Waals surface area contributed by atoms with Gasteiger partial charge in [-0.3, -0.25) is 9.79 Å². The van der Waals surface area contributed by atoms with Crippen molar-refractivity contribution in [3.8, 4) is 5.75 Å². The summed E-state index contributed by atoms with van der Waals surface area (Å²) in [6.07, 6.45) is 6.88. The highest BCUT2D eigenvalue weighted by atomic mass is 32.2. The summed E-state index contributed by atoms with van der Waals surface area (Å²) in [7, 11) is 1.65. The molecule has 1 aliphatic heterocycles. The van der Waals surface area contributed by atoms with Gasteiger partial charge < -0.3 is 10.1 Å². The van der Waals surface area contributed by atoms with Gasteiger partial charge in [0.25, 0.3) is 0 Å². The highest BCUT2D eigenvalue weighted by Gasteiger charge is 2.37. The molecule has 1 amide bonds. The number of aliphatic imine (C=N–C) groups is 2. The van der Waals surface area contributed by atoms with E-state index in [-0.39, 0.29) is 11.6 Å². The van der Waals surface area contributed by atoms with Crippen molar-refractivity contribution in [3.05, 3.63) is 52.2 Å². The smallest absolute Gasteiger partial charge is 0.230 e. The number of rotatable bonds is 6. The fourth-order valence-electron chi connectivity index (χ4n) is 3.84. The van der Waals surface area contributed by atoms with E-state index in [0.717, 1.165) is 39.8 Å². The van der Waals surface area contributed by atoms with Crippen molar-refractivity contribution < 1.29 is 9.53 Å². The SMILES string of the molecule is COc1ccc(CNC(=O)CSC2=NC3(CCCCCC3)N=C2c2cccs2)cc1. The Bertz CT molecular complexity index is 912. The van der Waals surface area contributed by atoms with E-state index in [0.29, 0.717) is 12.3 Å². The van der Waals surface area contributed by atoms with Gasteiger partial charge in [-0.1, -0.05) is 42.8 Å². The third-order valence-corrected chi connectivity index (χ3v) is 7.32. The first-order chi connectivity index (χ1) is 14.7. The van der Waals surface area contributed by atoms with Crippen LogP contribution in [0.5, 0.6) is 5.75 Å². The van der Waals surface area contributed by atoms with Crippen molar-refractivity contribution in [2.24, 2.45) is 9.98 Å². The summed E-state index contributed by atoms with van der Waals surface area (Å²) in [5.41, 5.74) is 1.71. The lowest BCUT2D eigenvalue weighted by Crippen LogP contribution is -2.25. The standard InChI is InChI=1S/C23H27N3O2S2/c1-28-18-10-8-17(9-11-18)15-24-20(27)16-30-22-21(19-7-6-14-29-19)25-23(26-22)12-4-2-3-5-13-23/h6-11,14H,2-5,12-13,15-16H2,1H3,(H,24,27). The zero-order chi connectivity index (χ0) is 20.8. The maximum Gasteiger partial charge on any atom is 0.230 e. The number of thioether (sulfide) groups is 1. The summed E-state index contributed by atoms with van der Waals surface area (Å²) < 4.78 is 5.17. The Labute approximate surface area is 186 Å². The molecule has 0 saturated heterocycles. The number of thiophene rings is 1. The van der Waals surface area contributed by atoms with Gasteiger partial charge in [0.2, 0.25) is 5.91 Å². The van der Waals surface area contributed by atoms with Crippen molar-refractivity contribution in [1.29, 1.82) is 0 Å². The molecule has 1 aliphatic carbocycles. The van der Waals surface area contributed by atoms with Crippen molar-refractivity contribution in [1.82, 2.24) is 5.32 Å². The van der Waals surface area contributed by atoms with E-state index in [9.17, 15) is 4.79 Å². The molecule has 2 aliphatic rings. The average molecular weight is 442 g/mol. The van der Waals surface area contributed by atoms with Crippen molar-refractivity contribution in [3.63, 3.8) is 0 Å². The topological polar surface area (TPSA) is 63.0 Å². The van der Waals surface area contributed by atoms with Gasteiger partial charge in [-0.25, -0.2) is 4.99 Å². The molecular formula is C23H27N3O2S2. The lowest BCUT2D eigenvalue weighted by molar-refractivity contribution is -0.118. The molecule has 7 heteroatoms. The number of hydrogen-bond acceptors (Lipinski definition) is 6. The van der Waals surface area contributed by atoms with Crippen LogP contribution in [-0.2, 0) is 11.3 Å². The number of carbonyl (C=O) groups excluding carboxylic acids is 1. The fraction of sp³-hybridized carbons (Fsp3) is 0.435. The molecule has 0 atom stereocenters. The average Bonchev–Trinajstić information content (AvgIpc) is 3.36. The lowest BCUT2D eigenvalue weighted by atomic mass is 10.0. The lowest BCUT2D eigenvalue weighted by Gasteiger charge is -2.20. The van der Waals surface area contributed by atoms with Crippen LogP contribution < -0.4 is 10.1 Å². The van der Waals surface area contributed by atoms with Gasteiger partial charge in [0, 0.05) is 6.54 Å². The minimum atomic E-state index is -0.308. The van der Waals surface area contributed by atoms with Crippen molar-refractivity contribution in [2.75, 3.05) is 12.9 Å². The van der Waals surface area contributed by atoms with Gasteiger partial charge in [-0.15, -0.1) is 11.3 Å². The first-order valence-electron chi connectivity index (χ1n) is 10.4. The Morgan fingerprint density at radius 1 is 1.13 bits per heavy atom. The van der Waals surface area contributed by atoms with Gasteiger partial charge in [-0.05, 0) is 54.8 Å². The van der Waals surface area contributed by atoms with Crippen molar-refractivity contribution in [2.45, 2.75) is 50.7 Å². The number of hydrogen-bond donors (Lipinski definition) is 1. The highest BCUT2D eigenvalue weighted by Crippen LogP contribution is 2.38. The second-order valence-electron chi connectivity index (χ2n) is 7.66. The maximum absolute atomic E-state index is 12.5. The molecule has 0 unspecified atom stereocenters. The first-order valence-corrected chi connectivity index (χ1v) is 12.3. The maximum atomic E-state index is 12.5. The summed E-state index contributed by atoms with van der Waals surface area (Å²) >= 11 is 3.19. The predicted molar refractivity (Wildman–Crippen MR) is 126 cm³/mol. The minimum Gasteiger partial charge on any atom is -0.497 e. The molecule has 2 heterocycles. The largest absolute Gasteiger partial charge is 0.497 e. The molecular weight excluding hydrogens is 414 g/mol. The number of ether oxygens (including phenoxy) is 1. The monoisotopic (exact) mass is 441 g/mol. The zero-order valence-corrected chi connectivity index (χ0v) is 18.9. The van der Waals surface area contributed by atoms with Gasteiger partial charge in [0.05, 0.1) is 17.7 Å². The number of carbonyl (C=O) groups is 1. The predicted octanol–water partition coefficient (Wildman–Crippen LogP) is 5.06. The molecule has 1 aromatic heterocycles. The van der Waals surface area contributed by atoms with E-state index in [1.807, 2.05) is 30.3 Å². The molecule has 1 N–H and O–H groups in total. The molecule has 2 aromatic rings. The van der Waals surface area contributed by atoms with Crippen LogP contribution in [-0.4, -0.2) is 35.2 Å². The van der Waals surface area contributed by atoms with E-state index in [4.69, 9.17) is 14.7 Å². The zero-order valence-electron chi connectivity index (χ0n) is 17.2. The van der Waals surface area contributed by atoms with Gasteiger partial charge in [-0.2, -0.15) is 0 Å². The summed E-state index contributed by atoms with van der Waals surface area (Å²) in [5.74, 6) is 1.16. The number of nitrogens with zero attached hydrogens (tertiary/aromatic N) is 2. The Kier molecular flexibility index (Phi) is 6.89. The van der Waals surface area contributed by atoms with E-state index < -0.39 is 0 Å². The van der Waals surface area contributed by atoms with Crippen LogP contribution in [0, 0.1) is 0 Å². The first kappa shape index (κ1) is 21.1. The second-order valence-corrected chi connectivity index (χ2v) is 9.58. The molecule has 1 saturated carbocycles. The van der Waals surface area contributed by atoms with E-state index in [1.54, 1.807) is 18.4 Å². The molecule has 30 heavy (non-hydrogen) atoms. The second kappa shape index (κ2) is 9.79. The van der Waals surface area contributed by atoms with E-state index >= 15 is 0 Å². The molecule has 1 aromatic carbocycles. The molecule has 1 spiro atoms. The van der Waals surface area contributed by atoms with E-state index in [1.165, 1.54) is 37.4 Å². The molecule has 0 bridgehead atoms. The Balaban J connectivity index is 1.39. The van der Waals surface area contributed by atoms with Crippen molar-refractivity contribution >= 4 is 39.8 Å². The molecule has 158 valence electrons. The van der Waals surface area contributed by atoms with Gasteiger partial charge in [0.15, 0.2) is 5.66 Å². The normalized spacial score (nSPS) is 17.9. The Morgan fingerprint density at radius 3 is 2.57 bits per heavy atom. The summed E-state index contributed by atoms with van der Waals surface area (Å²) in [6.45, 7) is 0.506. The summed E-state index contributed by atoms with van der Waals surface area (Å²) in [6, 6.07) is 11.9. The quantitative estimate of drug-likeness (QED) is 0.682. The fourth-order valence-corrected chi connectivity index (χ4v) is 5.52. The van der Waals surface area contributed by atoms with Gasteiger partial charge in [0.1, 0.15) is 16.5 Å². The van der Waals surface area contributed by atoms with Crippen LogP contribution in [0.1, 0.15) is 49.0 Å². The number of benzene rings is 1. The molecule has 0 radical (unpaired) electrons. The molecule has 5 nitrogen and oxygen atoms in total. The highest BCUT2D eigenvalue weighted by molar-refractivity contribution is 8.16. The van der Waals surface area contributed by atoms with E-state index in [2.05, 4.69) is 16.8 Å². The van der Waals surface area contributed by atoms with Crippen LogP contribution >= 0.6 is 23.1 Å². The van der Waals surface area contributed by atoms with Crippen LogP contribution in [0.25, 0.3) is 0 Å². The third kappa shape index (κ3) is 5.13. The Hall–Kier alpha value is -2.12. The number of methoxy groups -OCH3 is 1. The van der Waals surface area contributed by atoms with Crippen LogP contribution in [0.2, 0.25) is 0 Å². The summed E-state index contributed by atoms with van der Waals surface area (Å²) in [5, 5.41) is 5.98. The number of amides is 1. The third-order valence-electron chi connectivity index (χ3n) is 5.48. The minimum absolute atomic E-state index is 0.00543. The molecule has 4 rings (SSSR count). The Morgan fingerprint density at radius 2 is 1.90 bits per heavy atom. The summed E-state index contributed by atoms with van der Waals surface area (Å²) in [4.78, 5) is 23.8. The van der Waals surface area contributed by atoms with Crippen LogP contribution in [0.3, 0.4) is 0 Å². The molecule has 1 fully saturated rings. The number of nitrogens with one attached hydrogen (secondary N) is 1. The van der Waals surface area contributed by atoms with Gasteiger partial charge >= 0.3 is 0 Å². The van der Waals surface area contributed by atoms with Crippen LogP contribution in [0.15, 0.2) is 51.8 Å².